The summed E-state index contributed by atoms with van der Waals surface area (Å²) in [6.45, 7) is 9.38. The maximum Gasteiger partial charge on any atom is -0.00691 e. The minimum atomic E-state index is 0.505. The highest BCUT2D eigenvalue weighted by molar-refractivity contribution is 5.45. The summed E-state index contributed by atoms with van der Waals surface area (Å²) in [6, 6.07) is 6.92. The van der Waals surface area contributed by atoms with Crippen molar-refractivity contribution < 1.29 is 0 Å². The van der Waals surface area contributed by atoms with E-state index in [1.54, 1.807) is 16.7 Å². The lowest BCUT2D eigenvalue weighted by Crippen LogP contribution is -2.11. The third-order valence-electron chi connectivity index (χ3n) is 4.31. The lowest BCUT2D eigenvalue weighted by molar-refractivity contribution is 0.682. The lowest BCUT2D eigenvalue weighted by atomic mass is 9.82. The van der Waals surface area contributed by atoms with E-state index in [0.29, 0.717) is 11.3 Å². The van der Waals surface area contributed by atoms with Crippen molar-refractivity contribution in [2.75, 3.05) is 0 Å². The summed E-state index contributed by atoms with van der Waals surface area (Å²) in [7, 11) is 0. The van der Waals surface area contributed by atoms with Gasteiger partial charge in [0.2, 0.25) is 0 Å². The molecule has 16 heavy (non-hydrogen) atoms. The third kappa shape index (κ3) is 1.90. The first-order valence-electron chi connectivity index (χ1n) is 6.74. The molecule has 0 saturated heterocycles. The second kappa shape index (κ2) is 4.24. The highest BCUT2D eigenvalue weighted by Crippen LogP contribution is 2.51. The van der Waals surface area contributed by atoms with Gasteiger partial charge in [0.05, 0.1) is 0 Å². The summed E-state index contributed by atoms with van der Waals surface area (Å²) >= 11 is 0. The van der Waals surface area contributed by atoms with Crippen LogP contribution in [0.1, 0.15) is 69.6 Å². The highest BCUT2D eigenvalue weighted by Gasteiger charge is 2.42. The zero-order chi connectivity index (χ0) is 11.8. The van der Waals surface area contributed by atoms with Gasteiger partial charge in [-0.05, 0) is 53.7 Å². The average Bonchev–Trinajstić information content (AvgIpc) is 3.06. The van der Waals surface area contributed by atoms with Gasteiger partial charge in [0.1, 0.15) is 0 Å². The van der Waals surface area contributed by atoms with Crippen molar-refractivity contribution >= 4 is 0 Å². The van der Waals surface area contributed by atoms with Crippen LogP contribution in [-0.4, -0.2) is 0 Å². The summed E-state index contributed by atoms with van der Waals surface area (Å²) in [5.74, 6) is 0.707. The van der Waals surface area contributed by atoms with Crippen molar-refractivity contribution in [3.8, 4) is 0 Å². The molecule has 1 atom stereocenters. The summed E-state index contributed by atoms with van der Waals surface area (Å²) in [5, 5.41) is 0. The van der Waals surface area contributed by atoms with E-state index in [1.165, 1.54) is 25.7 Å². The SMILES string of the molecule is CCc1cccc(C(C)CC)c1C1(C)CC1. The van der Waals surface area contributed by atoms with Crippen molar-refractivity contribution in [3.05, 3.63) is 34.9 Å². The van der Waals surface area contributed by atoms with Gasteiger partial charge in [-0.2, -0.15) is 0 Å². The Labute approximate surface area is 100 Å². The van der Waals surface area contributed by atoms with Gasteiger partial charge in [0.15, 0.2) is 0 Å². The van der Waals surface area contributed by atoms with Crippen LogP contribution in [0.2, 0.25) is 0 Å². The molecule has 0 heterocycles. The molecule has 1 aromatic carbocycles. The van der Waals surface area contributed by atoms with E-state index in [9.17, 15) is 0 Å². The second-order valence-electron chi connectivity index (χ2n) is 5.60. The fourth-order valence-electron chi connectivity index (χ4n) is 2.72. The Morgan fingerprint density at radius 2 is 1.94 bits per heavy atom. The van der Waals surface area contributed by atoms with Gasteiger partial charge in [-0.25, -0.2) is 0 Å². The molecule has 0 aliphatic heterocycles. The lowest BCUT2D eigenvalue weighted by Gasteiger charge is -2.23. The third-order valence-corrected chi connectivity index (χ3v) is 4.31. The Kier molecular flexibility index (Phi) is 3.10. The smallest absolute Gasteiger partial charge is 0.00691 e. The zero-order valence-corrected chi connectivity index (χ0v) is 11.1. The first-order valence-corrected chi connectivity index (χ1v) is 6.74. The zero-order valence-electron chi connectivity index (χ0n) is 11.1. The van der Waals surface area contributed by atoms with E-state index in [-0.39, 0.29) is 0 Å². The van der Waals surface area contributed by atoms with Crippen molar-refractivity contribution in [1.82, 2.24) is 0 Å². The summed E-state index contributed by atoms with van der Waals surface area (Å²) < 4.78 is 0. The Morgan fingerprint density at radius 3 is 2.44 bits per heavy atom. The molecule has 1 aromatic rings. The molecular formula is C16H24. The van der Waals surface area contributed by atoms with Gasteiger partial charge < -0.3 is 0 Å². The molecule has 1 unspecified atom stereocenters. The second-order valence-corrected chi connectivity index (χ2v) is 5.60. The molecule has 0 N–H and O–H groups in total. The molecule has 0 radical (unpaired) electrons. The minimum absolute atomic E-state index is 0.505. The molecule has 2 rings (SSSR count). The van der Waals surface area contributed by atoms with Crippen LogP contribution in [0.25, 0.3) is 0 Å². The van der Waals surface area contributed by atoms with Gasteiger partial charge in [-0.1, -0.05) is 45.9 Å². The van der Waals surface area contributed by atoms with Crippen molar-refractivity contribution in [2.45, 2.75) is 64.7 Å². The topological polar surface area (TPSA) is 0 Å². The number of benzene rings is 1. The molecular weight excluding hydrogens is 192 g/mol. The Morgan fingerprint density at radius 1 is 1.25 bits per heavy atom. The molecule has 1 aliphatic carbocycles. The summed E-state index contributed by atoms with van der Waals surface area (Å²) in [4.78, 5) is 0. The molecule has 0 spiro atoms. The molecule has 0 bridgehead atoms. The number of hydrogen-bond acceptors (Lipinski definition) is 0. The molecule has 0 heteroatoms. The van der Waals surface area contributed by atoms with E-state index < -0.39 is 0 Å². The Bertz CT molecular complexity index is 372. The van der Waals surface area contributed by atoms with Crippen LogP contribution in [0.15, 0.2) is 18.2 Å². The van der Waals surface area contributed by atoms with Crippen LogP contribution in [0.3, 0.4) is 0 Å². The maximum absolute atomic E-state index is 2.44. The molecule has 88 valence electrons. The molecule has 1 saturated carbocycles. The average molecular weight is 216 g/mol. The van der Waals surface area contributed by atoms with Crippen molar-refractivity contribution in [1.29, 1.82) is 0 Å². The molecule has 1 fully saturated rings. The van der Waals surface area contributed by atoms with Crippen LogP contribution in [0.4, 0.5) is 0 Å². The number of aryl methyl sites for hydroxylation is 1. The van der Waals surface area contributed by atoms with Crippen LogP contribution >= 0.6 is 0 Å². The standard InChI is InChI=1S/C16H24/c1-5-12(3)14-9-7-8-13(6-2)15(14)16(4)10-11-16/h7-9,12H,5-6,10-11H2,1-4H3. The highest BCUT2D eigenvalue weighted by atomic mass is 14.5. The number of hydrogen-bond donors (Lipinski definition) is 0. The van der Waals surface area contributed by atoms with E-state index >= 15 is 0 Å². The molecule has 0 amide bonds. The summed E-state index contributed by atoms with van der Waals surface area (Å²) in [6.07, 6.45) is 5.19. The van der Waals surface area contributed by atoms with Crippen molar-refractivity contribution in [2.24, 2.45) is 0 Å². The monoisotopic (exact) mass is 216 g/mol. The van der Waals surface area contributed by atoms with E-state index in [4.69, 9.17) is 0 Å². The Hall–Kier alpha value is -0.780. The quantitative estimate of drug-likeness (QED) is 0.677. The first-order chi connectivity index (χ1) is 7.62. The van der Waals surface area contributed by atoms with Crippen molar-refractivity contribution in [3.63, 3.8) is 0 Å². The van der Waals surface area contributed by atoms with E-state index in [0.717, 1.165) is 0 Å². The molecule has 0 aromatic heterocycles. The maximum atomic E-state index is 2.44. The molecule has 0 nitrogen and oxygen atoms in total. The van der Waals surface area contributed by atoms with Gasteiger partial charge in [-0.15, -0.1) is 0 Å². The fraction of sp³-hybridized carbons (Fsp3) is 0.625. The van der Waals surface area contributed by atoms with Crippen LogP contribution in [-0.2, 0) is 11.8 Å². The molecule has 1 aliphatic rings. The van der Waals surface area contributed by atoms with Gasteiger partial charge in [-0.3, -0.25) is 0 Å². The van der Waals surface area contributed by atoms with E-state index in [2.05, 4.69) is 45.9 Å². The first kappa shape index (κ1) is 11.7. The van der Waals surface area contributed by atoms with Gasteiger partial charge in [0, 0.05) is 0 Å². The van der Waals surface area contributed by atoms with E-state index in [1.807, 2.05) is 0 Å². The Balaban J connectivity index is 2.51. The minimum Gasteiger partial charge on any atom is -0.0648 e. The largest absolute Gasteiger partial charge is 0.0648 e. The number of rotatable bonds is 4. The predicted octanol–water partition coefficient (Wildman–Crippen LogP) is 4.81. The van der Waals surface area contributed by atoms with Crippen LogP contribution in [0.5, 0.6) is 0 Å². The van der Waals surface area contributed by atoms with Crippen LogP contribution in [0, 0.1) is 0 Å². The fourth-order valence-corrected chi connectivity index (χ4v) is 2.72. The predicted molar refractivity (Wildman–Crippen MR) is 71.1 cm³/mol. The summed E-state index contributed by atoms with van der Waals surface area (Å²) in [5.41, 5.74) is 5.39. The normalized spacial score (nSPS) is 19.5. The van der Waals surface area contributed by atoms with Gasteiger partial charge in [0.25, 0.3) is 0 Å². The van der Waals surface area contributed by atoms with Crippen LogP contribution < -0.4 is 0 Å². The van der Waals surface area contributed by atoms with Gasteiger partial charge >= 0.3 is 0 Å².